The van der Waals surface area contributed by atoms with Crippen LogP contribution in [0.2, 0.25) is 0 Å². The summed E-state index contributed by atoms with van der Waals surface area (Å²) < 4.78 is 29.7. The van der Waals surface area contributed by atoms with Gasteiger partial charge in [-0.3, -0.25) is 19.2 Å². The number of ketones is 1. The van der Waals surface area contributed by atoms with E-state index in [4.69, 9.17) is 40.9 Å². The maximum Gasteiger partial charge on any atom is 0.326 e. The molecule has 75 heavy (non-hydrogen) atoms. The van der Waals surface area contributed by atoms with Gasteiger partial charge in [-0.25, -0.2) is 19.4 Å². The van der Waals surface area contributed by atoms with Gasteiger partial charge in [0.1, 0.15) is 6.04 Å². The van der Waals surface area contributed by atoms with Crippen molar-refractivity contribution in [2.45, 2.75) is 71.9 Å². The number of hydrogen-bond donors (Lipinski definition) is 7. The van der Waals surface area contributed by atoms with Gasteiger partial charge in [0.25, 0.3) is 11.8 Å². The molecule has 2 aromatic carbocycles. The van der Waals surface area contributed by atoms with Crippen LogP contribution in [0.15, 0.2) is 48.7 Å². The Kier molecular flexibility index (Phi) is 21.1. The van der Waals surface area contributed by atoms with Gasteiger partial charge in [0, 0.05) is 63.1 Å². The molecule has 10 N–H and O–H groups in total. The lowest BCUT2D eigenvalue weighted by Gasteiger charge is -2.29. The standard InChI is InChI=1S/C51H69N13O11/c1-32-43-40(28-51(2,3)29-41(43)65)64(62-32)36-11-12-37(46(53)67)39(27-36)55-15-5-17-71-19-21-73-23-25-75-26-24-74-22-20-72-18-6-16-56-42(66)14-13-38(49(69)70)59-48(68)33-7-9-35(10-8-33)63(4)31-34-30-57-47-44(58-34)45(52)60-50(54)61-47/h7-12,27,30,38,55H,5-6,13-26,28-29,31H2,1-4H3,(H2,53,67)(H,56,66)(H,59,68)(H,69,70)(H4,52,54,57,60,61). The second kappa shape index (κ2) is 27.8. The van der Waals surface area contributed by atoms with Crippen molar-refractivity contribution in [2.75, 3.05) is 108 Å². The molecule has 24 nitrogen and oxygen atoms in total. The first-order valence-electron chi connectivity index (χ1n) is 24.8. The summed E-state index contributed by atoms with van der Waals surface area (Å²) in [6.07, 6.45) is 3.79. The predicted octanol–water partition coefficient (Wildman–Crippen LogP) is 3.02. The van der Waals surface area contributed by atoms with Crippen LogP contribution in [-0.4, -0.2) is 157 Å². The summed E-state index contributed by atoms with van der Waals surface area (Å²) in [5.74, 6) is -2.49. The lowest BCUT2D eigenvalue weighted by atomic mass is 9.75. The second-order valence-electron chi connectivity index (χ2n) is 18.7. The zero-order valence-electron chi connectivity index (χ0n) is 43.0. The Morgan fingerprint density at radius 2 is 1.47 bits per heavy atom. The minimum Gasteiger partial charge on any atom is -0.480 e. The largest absolute Gasteiger partial charge is 0.480 e. The Morgan fingerprint density at radius 1 is 0.840 bits per heavy atom. The Morgan fingerprint density at radius 3 is 2.09 bits per heavy atom. The monoisotopic (exact) mass is 1040 g/mol. The number of carboxylic acid groups (broad SMARTS) is 1. The van der Waals surface area contributed by atoms with Gasteiger partial charge >= 0.3 is 5.97 Å². The molecule has 1 aliphatic rings. The molecule has 3 aromatic heterocycles. The molecule has 0 bridgehead atoms. The zero-order chi connectivity index (χ0) is 53.9. The van der Waals surface area contributed by atoms with Crippen LogP contribution in [0.5, 0.6) is 0 Å². The first-order chi connectivity index (χ1) is 36.0. The van der Waals surface area contributed by atoms with Gasteiger partial charge in [-0.05, 0) is 80.5 Å². The number of ether oxygens (including phenoxy) is 5. The molecule has 3 heterocycles. The Balaban J connectivity index is 0.728. The molecule has 1 aliphatic carbocycles. The van der Waals surface area contributed by atoms with Gasteiger partial charge in [0.2, 0.25) is 11.9 Å². The Bertz CT molecular complexity index is 2750. The van der Waals surface area contributed by atoms with Crippen LogP contribution < -0.4 is 38.1 Å². The maximum absolute atomic E-state index is 12.9. The van der Waals surface area contributed by atoms with Crippen molar-refractivity contribution in [3.05, 3.63) is 82.4 Å². The fourth-order valence-corrected chi connectivity index (χ4v) is 8.28. The number of aliphatic carboxylic acids is 1. The van der Waals surface area contributed by atoms with Crippen molar-refractivity contribution in [1.29, 1.82) is 0 Å². The average molecular weight is 1040 g/mol. The fraction of sp³-hybridized carbons (Fsp3) is 0.490. The molecular weight excluding hydrogens is 971 g/mol. The fourth-order valence-electron chi connectivity index (χ4n) is 8.28. The van der Waals surface area contributed by atoms with Crippen LogP contribution in [-0.2, 0) is 46.2 Å². The van der Waals surface area contributed by atoms with E-state index in [0.717, 1.165) is 17.1 Å². The van der Waals surface area contributed by atoms with E-state index in [2.05, 4.69) is 54.8 Å². The summed E-state index contributed by atoms with van der Waals surface area (Å²) in [5.41, 5.74) is 23.3. The molecule has 0 spiro atoms. The molecule has 3 amide bonds. The quantitative estimate of drug-likeness (QED) is 0.0304. The molecule has 5 aromatic rings. The van der Waals surface area contributed by atoms with Gasteiger partial charge in [0.15, 0.2) is 22.8 Å². The molecule has 0 aliphatic heterocycles. The van der Waals surface area contributed by atoms with Gasteiger partial charge in [-0.15, -0.1) is 0 Å². The third-order valence-corrected chi connectivity index (χ3v) is 12.0. The number of nitrogens with two attached hydrogens (primary N) is 3. The predicted molar refractivity (Wildman–Crippen MR) is 279 cm³/mol. The summed E-state index contributed by atoms with van der Waals surface area (Å²) in [6, 6.07) is 10.6. The number of fused-ring (bicyclic) bond motifs is 2. The number of primary amides is 1. The molecular formula is C51H69N13O11. The summed E-state index contributed by atoms with van der Waals surface area (Å²) in [4.78, 5) is 81.0. The smallest absolute Gasteiger partial charge is 0.326 e. The number of hydrogen-bond acceptors (Lipinski definition) is 19. The lowest BCUT2D eigenvalue weighted by molar-refractivity contribution is -0.139. The highest BCUT2D eigenvalue weighted by molar-refractivity contribution is 6.01. The number of aryl methyl sites for hydroxylation is 1. The second-order valence-corrected chi connectivity index (χ2v) is 18.7. The molecule has 0 saturated carbocycles. The summed E-state index contributed by atoms with van der Waals surface area (Å²) in [6.45, 7) is 11.3. The average Bonchev–Trinajstić information content (AvgIpc) is 3.70. The topological polar surface area (TPSA) is 338 Å². The first-order valence-corrected chi connectivity index (χ1v) is 24.8. The van der Waals surface area contributed by atoms with Gasteiger partial charge < -0.3 is 66.8 Å². The van der Waals surface area contributed by atoms with Crippen molar-refractivity contribution < 1.29 is 52.8 Å². The third-order valence-electron chi connectivity index (χ3n) is 12.0. The highest BCUT2D eigenvalue weighted by Crippen LogP contribution is 2.37. The SMILES string of the molecule is Cc1nn(-c2ccc(C(N)=O)c(NCCCOCCOCCOCCOCCOCCCNC(=O)CCC(NC(=O)c3ccc(N(C)Cc4cnc5nc(N)nc(N)c5n4)cc3)C(=O)O)c2)c2c1C(=O)CC(C)(C)C2. The molecule has 404 valence electrons. The number of benzene rings is 2. The van der Waals surface area contributed by atoms with Crippen LogP contribution in [0.3, 0.4) is 0 Å². The number of carboxylic acids is 1. The van der Waals surface area contributed by atoms with E-state index < -0.39 is 23.8 Å². The molecule has 0 radical (unpaired) electrons. The maximum atomic E-state index is 12.9. The van der Waals surface area contributed by atoms with Crippen molar-refractivity contribution in [3.63, 3.8) is 0 Å². The van der Waals surface area contributed by atoms with E-state index in [1.165, 1.54) is 0 Å². The number of amides is 3. The van der Waals surface area contributed by atoms with E-state index in [1.807, 2.05) is 24.9 Å². The first kappa shape index (κ1) is 56.9. The van der Waals surface area contributed by atoms with Gasteiger partial charge in [-0.2, -0.15) is 15.1 Å². The van der Waals surface area contributed by atoms with Crippen LogP contribution in [0, 0.1) is 12.3 Å². The van der Waals surface area contributed by atoms with Gasteiger partial charge in [-0.1, -0.05) is 13.8 Å². The zero-order valence-corrected chi connectivity index (χ0v) is 43.0. The highest BCUT2D eigenvalue weighted by atomic mass is 16.6. The number of aromatic nitrogens is 6. The number of nitrogens with zero attached hydrogens (tertiary/aromatic N) is 7. The van der Waals surface area contributed by atoms with Crippen molar-refractivity contribution in [3.8, 4) is 5.69 Å². The molecule has 0 fully saturated rings. The molecule has 0 saturated heterocycles. The van der Waals surface area contributed by atoms with Gasteiger partial charge in [0.05, 0.1) is 99.5 Å². The number of carbonyl (C=O) groups is 5. The molecule has 1 atom stereocenters. The summed E-state index contributed by atoms with van der Waals surface area (Å²) in [5, 5.41) is 23.0. The third kappa shape index (κ3) is 17.1. The van der Waals surface area contributed by atoms with Crippen molar-refractivity contribution in [2.24, 2.45) is 11.1 Å². The number of nitrogens with one attached hydrogen (secondary N) is 3. The highest BCUT2D eigenvalue weighted by Gasteiger charge is 2.36. The number of carbonyl (C=O) groups excluding carboxylic acids is 4. The van der Waals surface area contributed by atoms with Crippen LogP contribution in [0.1, 0.15) is 94.1 Å². The molecule has 6 rings (SSSR count). The van der Waals surface area contributed by atoms with E-state index in [0.29, 0.717) is 145 Å². The number of anilines is 4. The Hall–Kier alpha value is -7.38. The van der Waals surface area contributed by atoms with E-state index >= 15 is 0 Å². The van der Waals surface area contributed by atoms with Crippen molar-refractivity contribution >= 4 is 63.8 Å². The van der Waals surface area contributed by atoms with Crippen molar-refractivity contribution in [1.82, 2.24) is 40.3 Å². The van der Waals surface area contributed by atoms with E-state index in [1.54, 1.807) is 47.3 Å². The van der Waals surface area contributed by atoms with Crippen LogP contribution in [0.25, 0.3) is 16.9 Å². The minimum absolute atomic E-state index is 0.00631. The number of nitrogen functional groups attached to an aromatic ring is 2. The van der Waals surface area contributed by atoms with E-state index in [9.17, 15) is 29.1 Å². The number of rotatable bonds is 32. The molecule has 1 unspecified atom stereocenters. The van der Waals surface area contributed by atoms with Crippen LogP contribution >= 0.6 is 0 Å². The van der Waals surface area contributed by atoms with Crippen LogP contribution in [0.4, 0.5) is 23.1 Å². The van der Waals surface area contributed by atoms with E-state index in [-0.39, 0.29) is 52.9 Å². The Labute approximate surface area is 434 Å². The summed E-state index contributed by atoms with van der Waals surface area (Å²) >= 11 is 0. The molecule has 24 heteroatoms. The minimum atomic E-state index is -1.27. The summed E-state index contributed by atoms with van der Waals surface area (Å²) in [7, 11) is 1.83. The number of Topliss-reactive ketones (excluding diaryl/α,β-unsaturated/α-hetero) is 1. The normalized spacial score (nSPS) is 13.3. The lowest BCUT2D eigenvalue weighted by Crippen LogP contribution is -2.41.